The summed E-state index contributed by atoms with van der Waals surface area (Å²) in [4.78, 5) is 14.7. The molecule has 1 aliphatic heterocycles. The Kier molecular flexibility index (Phi) is 4.28. The van der Waals surface area contributed by atoms with E-state index >= 15 is 0 Å². The first-order valence-corrected chi connectivity index (χ1v) is 8.06. The summed E-state index contributed by atoms with van der Waals surface area (Å²) in [5.74, 6) is 0.772. The number of amides is 1. The molecule has 0 unspecified atom stereocenters. The average Bonchev–Trinajstić information content (AvgIpc) is 2.55. The van der Waals surface area contributed by atoms with E-state index in [-0.39, 0.29) is 5.91 Å². The van der Waals surface area contributed by atoms with Crippen LogP contribution in [0.2, 0.25) is 0 Å². The average molecular weight is 293 g/mol. The Morgan fingerprint density at radius 1 is 1.00 bits per heavy atom. The third-order valence-electron chi connectivity index (χ3n) is 4.67. The molecule has 0 aliphatic carbocycles. The van der Waals surface area contributed by atoms with E-state index in [9.17, 15) is 4.79 Å². The molecular formula is C20H23NO. The van der Waals surface area contributed by atoms with Gasteiger partial charge in [0.2, 0.25) is 0 Å². The molecule has 1 heterocycles. The van der Waals surface area contributed by atoms with Crippen LogP contribution in [0, 0.1) is 13.8 Å². The van der Waals surface area contributed by atoms with Crippen molar-refractivity contribution in [1.29, 1.82) is 0 Å². The molecule has 1 fully saturated rings. The molecule has 0 radical (unpaired) electrons. The van der Waals surface area contributed by atoms with E-state index < -0.39 is 0 Å². The van der Waals surface area contributed by atoms with Gasteiger partial charge in [0, 0.05) is 18.7 Å². The maximum Gasteiger partial charge on any atom is 0.254 e. The molecule has 0 N–H and O–H groups in total. The van der Waals surface area contributed by atoms with Gasteiger partial charge in [-0.05, 0) is 49.8 Å². The lowest BCUT2D eigenvalue weighted by Crippen LogP contribution is -2.38. The molecule has 3 rings (SSSR count). The van der Waals surface area contributed by atoms with Crippen LogP contribution in [0.3, 0.4) is 0 Å². The van der Waals surface area contributed by atoms with Gasteiger partial charge in [-0.15, -0.1) is 0 Å². The summed E-state index contributed by atoms with van der Waals surface area (Å²) >= 11 is 0. The number of carbonyl (C=O) groups excluding carboxylic acids is 1. The largest absolute Gasteiger partial charge is 0.339 e. The van der Waals surface area contributed by atoms with E-state index in [4.69, 9.17) is 0 Å². The fraction of sp³-hybridized carbons (Fsp3) is 0.350. The molecule has 2 nitrogen and oxygen atoms in total. The summed E-state index contributed by atoms with van der Waals surface area (Å²) in [5.41, 5.74) is 4.54. The number of likely N-dealkylation sites (tertiary alicyclic amines) is 1. The van der Waals surface area contributed by atoms with Crippen LogP contribution in [0.15, 0.2) is 48.5 Å². The van der Waals surface area contributed by atoms with Gasteiger partial charge in [0.05, 0.1) is 0 Å². The number of piperidine rings is 1. The van der Waals surface area contributed by atoms with Crippen LogP contribution >= 0.6 is 0 Å². The summed E-state index contributed by atoms with van der Waals surface area (Å²) in [6, 6.07) is 16.7. The molecule has 114 valence electrons. The van der Waals surface area contributed by atoms with E-state index in [1.807, 2.05) is 24.0 Å². The van der Waals surface area contributed by atoms with Crippen LogP contribution in [0.4, 0.5) is 0 Å². The third-order valence-corrected chi connectivity index (χ3v) is 4.67. The number of hydrogen-bond donors (Lipinski definition) is 0. The molecule has 0 saturated carbocycles. The predicted molar refractivity (Wildman–Crippen MR) is 90.2 cm³/mol. The van der Waals surface area contributed by atoms with E-state index in [0.717, 1.165) is 37.1 Å². The molecule has 1 aliphatic rings. The van der Waals surface area contributed by atoms with Gasteiger partial charge in [0.25, 0.3) is 5.91 Å². The van der Waals surface area contributed by atoms with Gasteiger partial charge in [-0.25, -0.2) is 0 Å². The summed E-state index contributed by atoms with van der Waals surface area (Å²) in [6.45, 7) is 5.79. The second kappa shape index (κ2) is 6.35. The fourth-order valence-corrected chi connectivity index (χ4v) is 3.37. The smallest absolute Gasteiger partial charge is 0.254 e. The molecule has 0 atom stereocenters. The van der Waals surface area contributed by atoms with Gasteiger partial charge in [-0.2, -0.15) is 0 Å². The number of hydrogen-bond acceptors (Lipinski definition) is 1. The second-order valence-corrected chi connectivity index (χ2v) is 6.30. The van der Waals surface area contributed by atoms with Crippen molar-refractivity contribution in [3.05, 3.63) is 70.8 Å². The maximum absolute atomic E-state index is 12.7. The van der Waals surface area contributed by atoms with Crippen LogP contribution in [0.5, 0.6) is 0 Å². The molecule has 0 spiro atoms. The fourth-order valence-electron chi connectivity index (χ4n) is 3.37. The van der Waals surface area contributed by atoms with Gasteiger partial charge in [0.15, 0.2) is 0 Å². The Balaban J connectivity index is 1.67. The van der Waals surface area contributed by atoms with Gasteiger partial charge in [-0.1, -0.05) is 48.0 Å². The Morgan fingerprint density at radius 2 is 1.68 bits per heavy atom. The summed E-state index contributed by atoms with van der Waals surface area (Å²) in [5, 5.41) is 0. The zero-order valence-corrected chi connectivity index (χ0v) is 13.4. The number of nitrogens with zero attached hydrogens (tertiary/aromatic N) is 1. The molecule has 1 amide bonds. The Bertz CT molecular complexity index is 655. The first-order valence-electron chi connectivity index (χ1n) is 8.06. The van der Waals surface area contributed by atoms with Crippen LogP contribution in [0.1, 0.15) is 45.8 Å². The van der Waals surface area contributed by atoms with E-state index in [2.05, 4.69) is 43.3 Å². The number of rotatable bonds is 2. The summed E-state index contributed by atoms with van der Waals surface area (Å²) in [7, 11) is 0. The van der Waals surface area contributed by atoms with Gasteiger partial charge >= 0.3 is 0 Å². The van der Waals surface area contributed by atoms with Crippen LogP contribution in [-0.2, 0) is 0 Å². The zero-order valence-electron chi connectivity index (χ0n) is 13.4. The van der Waals surface area contributed by atoms with Gasteiger partial charge in [0.1, 0.15) is 0 Å². The van der Waals surface area contributed by atoms with Crippen molar-refractivity contribution in [3.8, 4) is 0 Å². The normalized spacial score (nSPS) is 15.8. The highest BCUT2D eigenvalue weighted by atomic mass is 16.2. The van der Waals surface area contributed by atoms with Crippen molar-refractivity contribution in [3.63, 3.8) is 0 Å². The minimum Gasteiger partial charge on any atom is -0.339 e. The van der Waals surface area contributed by atoms with Crippen LogP contribution in [0.25, 0.3) is 0 Å². The van der Waals surface area contributed by atoms with Gasteiger partial charge in [-0.3, -0.25) is 4.79 Å². The van der Waals surface area contributed by atoms with E-state index in [0.29, 0.717) is 5.92 Å². The SMILES string of the molecule is Cc1ccc(C(=O)N2CCC(c3ccccc3)CC2)c(C)c1. The number of aryl methyl sites for hydroxylation is 2. The molecule has 2 heteroatoms. The monoisotopic (exact) mass is 293 g/mol. The topological polar surface area (TPSA) is 20.3 Å². The van der Waals surface area contributed by atoms with Crippen molar-refractivity contribution in [2.75, 3.05) is 13.1 Å². The van der Waals surface area contributed by atoms with Crippen molar-refractivity contribution in [2.45, 2.75) is 32.6 Å². The predicted octanol–water partition coefficient (Wildman–Crippen LogP) is 4.32. The molecule has 2 aromatic carbocycles. The minimum atomic E-state index is 0.184. The van der Waals surface area contributed by atoms with Crippen molar-refractivity contribution < 1.29 is 4.79 Å². The zero-order chi connectivity index (χ0) is 15.5. The number of carbonyl (C=O) groups is 1. The highest BCUT2D eigenvalue weighted by Gasteiger charge is 2.25. The quantitative estimate of drug-likeness (QED) is 0.807. The molecular weight excluding hydrogens is 270 g/mol. The minimum absolute atomic E-state index is 0.184. The third kappa shape index (κ3) is 3.06. The molecule has 0 bridgehead atoms. The Labute approximate surface area is 132 Å². The van der Waals surface area contributed by atoms with E-state index in [1.54, 1.807) is 0 Å². The first-order chi connectivity index (χ1) is 10.6. The lowest BCUT2D eigenvalue weighted by molar-refractivity contribution is 0.0712. The lowest BCUT2D eigenvalue weighted by Gasteiger charge is -2.32. The van der Waals surface area contributed by atoms with Crippen molar-refractivity contribution in [1.82, 2.24) is 4.90 Å². The van der Waals surface area contributed by atoms with Crippen molar-refractivity contribution >= 4 is 5.91 Å². The highest BCUT2D eigenvalue weighted by molar-refractivity contribution is 5.95. The number of benzene rings is 2. The highest BCUT2D eigenvalue weighted by Crippen LogP contribution is 2.28. The second-order valence-electron chi connectivity index (χ2n) is 6.30. The van der Waals surface area contributed by atoms with Crippen LogP contribution in [-0.4, -0.2) is 23.9 Å². The van der Waals surface area contributed by atoms with Crippen molar-refractivity contribution in [2.24, 2.45) is 0 Å². The summed E-state index contributed by atoms with van der Waals surface area (Å²) < 4.78 is 0. The first kappa shape index (κ1) is 14.8. The van der Waals surface area contributed by atoms with E-state index in [1.165, 1.54) is 11.1 Å². The van der Waals surface area contributed by atoms with Crippen LogP contribution < -0.4 is 0 Å². The summed E-state index contributed by atoms with van der Waals surface area (Å²) in [6.07, 6.45) is 2.11. The molecule has 22 heavy (non-hydrogen) atoms. The maximum atomic E-state index is 12.7. The molecule has 2 aromatic rings. The Morgan fingerprint density at radius 3 is 2.32 bits per heavy atom. The van der Waals surface area contributed by atoms with Gasteiger partial charge < -0.3 is 4.90 Å². The lowest BCUT2D eigenvalue weighted by atomic mass is 9.89. The standard InChI is InChI=1S/C20H23NO/c1-15-8-9-19(16(2)14-15)20(22)21-12-10-18(11-13-21)17-6-4-3-5-7-17/h3-9,14,18H,10-13H2,1-2H3. The molecule has 1 saturated heterocycles. The molecule has 0 aromatic heterocycles. The Hall–Kier alpha value is -2.09.